The molecule has 2 atom stereocenters. The number of aliphatic hydroxyl groups is 1. The van der Waals surface area contributed by atoms with Crippen LogP contribution in [0.25, 0.3) is 11.1 Å². The summed E-state index contributed by atoms with van der Waals surface area (Å²) in [6.45, 7) is 4.30. The maximum Gasteiger partial charge on any atom is 0.325 e. The zero-order valence-corrected chi connectivity index (χ0v) is 20.2. The maximum absolute atomic E-state index is 12.2. The molecule has 0 fully saturated rings. The molecule has 8 heteroatoms. The molecule has 1 amide bonds. The van der Waals surface area contributed by atoms with Crippen molar-refractivity contribution >= 4 is 11.9 Å². The van der Waals surface area contributed by atoms with E-state index in [9.17, 15) is 14.7 Å². The Kier molecular flexibility index (Phi) is 9.14. The Hall–Kier alpha value is -3.52. The van der Waals surface area contributed by atoms with E-state index < -0.39 is 23.5 Å². The number of aromatic nitrogens is 2. The fourth-order valence-electron chi connectivity index (χ4n) is 3.65. The molecule has 0 saturated heterocycles. The molecule has 1 heterocycles. The Labute approximate surface area is 205 Å². The number of hydrogen-bond donors (Lipinski definition) is 3. The molecule has 2 aromatic rings. The van der Waals surface area contributed by atoms with Gasteiger partial charge in [0.05, 0.1) is 6.61 Å². The Bertz CT molecular complexity index is 1060. The van der Waals surface area contributed by atoms with Crippen molar-refractivity contribution in [1.29, 1.82) is 0 Å². The number of amides is 1. The van der Waals surface area contributed by atoms with E-state index in [-0.39, 0.29) is 17.8 Å². The van der Waals surface area contributed by atoms with E-state index in [2.05, 4.69) is 22.2 Å². The van der Waals surface area contributed by atoms with E-state index in [0.29, 0.717) is 6.61 Å². The van der Waals surface area contributed by atoms with Crippen LogP contribution in [0.1, 0.15) is 58.2 Å². The molecule has 186 valence electrons. The van der Waals surface area contributed by atoms with Crippen molar-refractivity contribution in [1.82, 2.24) is 15.3 Å². The predicted molar refractivity (Wildman–Crippen MR) is 133 cm³/mol. The summed E-state index contributed by atoms with van der Waals surface area (Å²) in [5.74, 6) is -0.593. The van der Waals surface area contributed by atoms with Gasteiger partial charge in [0, 0.05) is 30.0 Å². The molecule has 3 rings (SSSR count). The topological polar surface area (TPSA) is 122 Å². The van der Waals surface area contributed by atoms with Crippen LogP contribution in [-0.4, -0.2) is 44.7 Å². The van der Waals surface area contributed by atoms with E-state index >= 15 is 0 Å². The average Bonchev–Trinajstić information content (AvgIpc) is 2.87. The number of carbonyl (C=O) groups excluding carboxylic acids is 1. The minimum atomic E-state index is -1.45. The SMILES string of the molecule is CCCCCCCOc1ccc(-c2cnc(C3(O)C=CC(C(=O)NC(C)C(=O)O)=CC3)nc2)cc1. The summed E-state index contributed by atoms with van der Waals surface area (Å²) < 4.78 is 5.81. The van der Waals surface area contributed by atoms with Gasteiger partial charge in [-0.2, -0.15) is 0 Å². The van der Waals surface area contributed by atoms with Gasteiger partial charge in [-0.1, -0.05) is 56.9 Å². The van der Waals surface area contributed by atoms with Gasteiger partial charge < -0.3 is 20.3 Å². The van der Waals surface area contributed by atoms with Gasteiger partial charge in [0.1, 0.15) is 17.4 Å². The minimum absolute atomic E-state index is 0.0948. The molecule has 1 aromatic carbocycles. The van der Waals surface area contributed by atoms with Gasteiger partial charge in [-0.25, -0.2) is 9.97 Å². The lowest BCUT2D eigenvalue weighted by molar-refractivity contribution is -0.140. The molecule has 35 heavy (non-hydrogen) atoms. The molecular formula is C27H33N3O5. The number of unbranched alkanes of at least 4 members (excludes halogenated alkanes) is 4. The van der Waals surface area contributed by atoms with Crippen LogP contribution in [0.15, 0.2) is 60.5 Å². The number of nitrogens with zero attached hydrogens (tertiary/aromatic N) is 2. The summed E-state index contributed by atoms with van der Waals surface area (Å²) in [5, 5.41) is 22.3. The number of benzene rings is 1. The lowest BCUT2D eigenvalue weighted by Gasteiger charge is -2.25. The Morgan fingerprint density at radius 3 is 2.37 bits per heavy atom. The van der Waals surface area contributed by atoms with Gasteiger partial charge in [0.25, 0.3) is 5.91 Å². The highest BCUT2D eigenvalue weighted by Gasteiger charge is 2.32. The number of carboxylic acids is 1. The minimum Gasteiger partial charge on any atom is -0.494 e. The zero-order valence-electron chi connectivity index (χ0n) is 20.2. The fourth-order valence-corrected chi connectivity index (χ4v) is 3.65. The van der Waals surface area contributed by atoms with Crippen LogP contribution >= 0.6 is 0 Å². The van der Waals surface area contributed by atoms with Crippen molar-refractivity contribution in [3.8, 4) is 16.9 Å². The molecule has 0 bridgehead atoms. The van der Waals surface area contributed by atoms with Crippen LogP contribution in [0.5, 0.6) is 5.75 Å². The first kappa shape index (κ1) is 26.1. The quantitative estimate of drug-likeness (QED) is 0.391. The van der Waals surface area contributed by atoms with Crippen LogP contribution < -0.4 is 10.1 Å². The van der Waals surface area contributed by atoms with Gasteiger partial charge in [-0.15, -0.1) is 0 Å². The number of carboxylic acid groups (broad SMARTS) is 1. The molecule has 2 unspecified atom stereocenters. The monoisotopic (exact) mass is 479 g/mol. The maximum atomic E-state index is 12.2. The highest BCUT2D eigenvalue weighted by Crippen LogP contribution is 2.30. The van der Waals surface area contributed by atoms with E-state index in [4.69, 9.17) is 9.84 Å². The van der Waals surface area contributed by atoms with Crippen LogP contribution in [-0.2, 0) is 15.2 Å². The number of rotatable bonds is 12. The molecule has 3 N–H and O–H groups in total. The lowest BCUT2D eigenvalue weighted by atomic mass is 9.90. The van der Waals surface area contributed by atoms with Crippen molar-refractivity contribution in [2.45, 2.75) is 64.0 Å². The number of carbonyl (C=O) groups is 2. The normalized spacial score (nSPS) is 18.0. The predicted octanol–water partition coefficient (Wildman–Crippen LogP) is 4.16. The van der Waals surface area contributed by atoms with E-state index in [0.717, 1.165) is 23.3 Å². The Balaban J connectivity index is 1.56. The van der Waals surface area contributed by atoms with E-state index in [1.165, 1.54) is 44.8 Å². The van der Waals surface area contributed by atoms with Crippen molar-refractivity contribution in [3.63, 3.8) is 0 Å². The summed E-state index contributed by atoms with van der Waals surface area (Å²) in [6, 6.07) is 6.74. The number of aliphatic carboxylic acids is 1. The molecular weight excluding hydrogens is 446 g/mol. The molecule has 0 aliphatic heterocycles. The molecule has 0 spiro atoms. The van der Waals surface area contributed by atoms with Crippen LogP contribution in [0.2, 0.25) is 0 Å². The second kappa shape index (κ2) is 12.3. The third-order valence-electron chi connectivity index (χ3n) is 5.90. The van der Waals surface area contributed by atoms with Crippen molar-refractivity contribution in [2.75, 3.05) is 6.61 Å². The lowest BCUT2D eigenvalue weighted by Crippen LogP contribution is -2.39. The second-order valence-corrected chi connectivity index (χ2v) is 8.74. The molecule has 0 saturated carbocycles. The Morgan fingerprint density at radius 1 is 1.09 bits per heavy atom. The summed E-state index contributed by atoms with van der Waals surface area (Å²) in [5.41, 5.74) is 0.573. The first-order chi connectivity index (χ1) is 16.8. The number of hydrogen-bond acceptors (Lipinski definition) is 6. The smallest absolute Gasteiger partial charge is 0.325 e. The number of nitrogens with one attached hydrogen (secondary N) is 1. The largest absolute Gasteiger partial charge is 0.494 e. The van der Waals surface area contributed by atoms with Gasteiger partial charge >= 0.3 is 5.97 Å². The van der Waals surface area contributed by atoms with Crippen LogP contribution in [0.3, 0.4) is 0 Å². The van der Waals surface area contributed by atoms with Gasteiger partial charge in [0.15, 0.2) is 5.82 Å². The standard InChI is InChI=1S/C27H33N3O5/c1-3-4-5-6-7-16-35-23-10-8-20(9-11-23)22-17-28-26(29-18-22)27(34)14-12-21(13-15-27)24(31)30-19(2)25(32)33/h8-14,17-19,34H,3-7,15-16H2,1-2H3,(H,30,31)(H,32,33). The first-order valence-electron chi connectivity index (χ1n) is 12.0. The van der Waals surface area contributed by atoms with Gasteiger partial charge in [-0.3, -0.25) is 9.59 Å². The summed E-state index contributed by atoms with van der Waals surface area (Å²) in [4.78, 5) is 31.8. The molecule has 8 nitrogen and oxygen atoms in total. The summed E-state index contributed by atoms with van der Waals surface area (Å²) in [7, 11) is 0. The van der Waals surface area contributed by atoms with Gasteiger partial charge in [-0.05, 0) is 37.1 Å². The highest BCUT2D eigenvalue weighted by atomic mass is 16.5. The van der Waals surface area contributed by atoms with Crippen molar-refractivity contribution in [2.24, 2.45) is 0 Å². The molecule has 0 radical (unpaired) electrons. The molecule has 1 aromatic heterocycles. The van der Waals surface area contributed by atoms with Crippen molar-refractivity contribution < 1.29 is 24.5 Å². The van der Waals surface area contributed by atoms with Crippen molar-refractivity contribution in [3.05, 3.63) is 66.3 Å². The average molecular weight is 480 g/mol. The zero-order chi connectivity index (χ0) is 25.3. The highest BCUT2D eigenvalue weighted by molar-refractivity contribution is 5.98. The Morgan fingerprint density at radius 2 is 1.77 bits per heavy atom. The van der Waals surface area contributed by atoms with Gasteiger partial charge in [0.2, 0.25) is 0 Å². The first-order valence-corrected chi connectivity index (χ1v) is 12.0. The summed E-state index contributed by atoms with van der Waals surface area (Å²) in [6.07, 6.45) is 13.8. The van der Waals surface area contributed by atoms with E-state index in [1.807, 2.05) is 24.3 Å². The molecule has 1 aliphatic rings. The third-order valence-corrected chi connectivity index (χ3v) is 5.90. The fraction of sp³-hybridized carbons (Fsp3) is 0.407. The third kappa shape index (κ3) is 7.23. The van der Waals surface area contributed by atoms with Crippen LogP contribution in [0, 0.1) is 0 Å². The number of ether oxygens (including phenoxy) is 1. The summed E-state index contributed by atoms with van der Waals surface area (Å²) >= 11 is 0. The van der Waals surface area contributed by atoms with E-state index in [1.54, 1.807) is 18.5 Å². The van der Waals surface area contributed by atoms with Crippen LogP contribution in [0.4, 0.5) is 0 Å². The molecule has 1 aliphatic carbocycles. The second-order valence-electron chi connectivity index (χ2n) is 8.74.